The minimum Gasteiger partial charge on any atom is -0.358 e. The maximum atomic E-state index is 5.29. The number of benzene rings is 9. The van der Waals surface area contributed by atoms with Gasteiger partial charge in [0, 0.05) is 61.9 Å². The summed E-state index contributed by atoms with van der Waals surface area (Å²) >= 11 is 0. The van der Waals surface area contributed by atoms with Crippen LogP contribution in [-0.2, 0) is 30.9 Å². The predicted molar refractivity (Wildman–Crippen MR) is 342 cm³/mol. The number of pyridine rings is 1. The topological polar surface area (TPSA) is 73.3 Å². The molecule has 0 spiro atoms. The van der Waals surface area contributed by atoms with Crippen molar-refractivity contribution in [3.05, 3.63) is 268 Å². The monoisotopic (exact) mass is 1260 g/mol. The normalized spacial score (nSPS) is 11.7. The van der Waals surface area contributed by atoms with Crippen LogP contribution in [-0.4, -0.2) is 33.7 Å². The number of hydrogen-bond donors (Lipinski definition) is 0. The van der Waals surface area contributed by atoms with Gasteiger partial charge in [-0.2, -0.15) is 0 Å². The van der Waals surface area contributed by atoms with Gasteiger partial charge in [-0.3, -0.25) is 19.9 Å². The zero-order valence-corrected chi connectivity index (χ0v) is 50.3. The minimum atomic E-state index is -0.214. The second kappa shape index (κ2) is 22.0. The molecule has 1 radical (unpaired) electrons. The van der Waals surface area contributed by atoms with Gasteiger partial charge in [-0.15, -0.1) is 66.2 Å². The van der Waals surface area contributed by atoms with E-state index in [0.29, 0.717) is 0 Å². The first-order valence-corrected chi connectivity index (χ1v) is 27.9. The molecule has 0 atom stereocenters. The van der Waals surface area contributed by atoms with Crippen molar-refractivity contribution in [3.8, 4) is 100 Å². The molecule has 5 heterocycles. The maximum absolute atomic E-state index is 5.29. The van der Waals surface area contributed by atoms with Crippen LogP contribution in [0.15, 0.2) is 231 Å². The smallest absolute Gasteiger partial charge is 0.101 e. The van der Waals surface area contributed by atoms with Crippen molar-refractivity contribution in [1.29, 1.82) is 0 Å². The van der Waals surface area contributed by atoms with Crippen LogP contribution in [0.5, 0.6) is 0 Å². The molecule has 0 saturated carbocycles. The molecule has 14 rings (SSSR count). The van der Waals surface area contributed by atoms with Crippen molar-refractivity contribution < 1.29 is 20.1 Å². The van der Waals surface area contributed by atoms with E-state index in [9.17, 15) is 0 Å². The Balaban J connectivity index is 0.00000347. The summed E-state index contributed by atoms with van der Waals surface area (Å²) in [5, 5.41) is 1.78. The van der Waals surface area contributed by atoms with Gasteiger partial charge >= 0.3 is 0 Å². The zero-order valence-electron chi connectivity index (χ0n) is 47.9. The maximum Gasteiger partial charge on any atom is 0.101 e. The molecule has 14 aromatic rings. The molecule has 0 aliphatic heterocycles. The van der Waals surface area contributed by atoms with Crippen molar-refractivity contribution in [2.45, 2.75) is 52.4 Å². The molecule has 0 aliphatic rings. The Labute approximate surface area is 504 Å². The molecule has 84 heavy (non-hydrogen) atoms. The van der Waals surface area contributed by atoms with Crippen molar-refractivity contribution in [2.24, 2.45) is 0 Å². The summed E-state index contributed by atoms with van der Waals surface area (Å²) in [7, 11) is 0. The number of hydrogen-bond acceptors (Lipinski definition) is 5. The Bertz CT molecular complexity index is 4560. The van der Waals surface area contributed by atoms with Gasteiger partial charge < -0.3 is 21.2 Å². The summed E-state index contributed by atoms with van der Waals surface area (Å²) < 4.78 is 4.19. The Morgan fingerprint density at radius 1 is 0.345 bits per heavy atom. The van der Waals surface area contributed by atoms with E-state index < -0.39 is 0 Å². The molecular weight excluding hydrogens is 1200 g/mol. The largest absolute Gasteiger partial charge is 0.358 e. The number of fused-ring (bicyclic) bond motifs is 6. The van der Waals surface area contributed by atoms with Gasteiger partial charge in [0.1, 0.15) is 11.6 Å². The first-order chi connectivity index (χ1) is 39.9. The van der Waals surface area contributed by atoms with Gasteiger partial charge in [0.25, 0.3) is 0 Å². The van der Waals surface area contributed by atoms with Crippen molar-refractivity contribution >= 4 is 33.1 Å². The Morgan fingerprint density at radius 2 is 0.738 bits per heavy atom. The van der Waals surface area contributed by atoms with Crippen molar-refractivity contribution in [1.82, 2.24) is 33.7 Å². The molecule has 5 aromatic heterocycles. The van der Waals surface area contributed by atoms with Crippen molar-refractivity contribution in [3.63, 3.8) is 0 Å². The molecular formula is C76H59IrN7-4. The predicted octanol–water partition coefficient (Wildman–Crippen LogP) is 18.9. The summed E-state index contributed by atoms with van der Waals surface area (Å²) in [6, 6.07) is 82.5. The first kappa shape index (κ1) is 55.1. The Morgan fingerprint density at radius 3 is 1.18 bits per heavy atom. The van der Waals surface area contributed by atoms with Crippen LogP contribution in [0.25, 0.3) is 133 Å². The van der Waals surface area contributed by atoms with Crippen LogP contribution in [0.1, 0.15) is 53.2 Å². The number of nitrogens with zero attached hydrogens (tertiary/aromatic N) is 7. The van der Waals surface area contributed by atoms with Gasteiger partial charge in [0.2, 0.25) is 0 Å². The van der Waals surface area contributed by atoms with E-state index in [1.165, 1.54) is 11.1 Å². The van der Waals surface area contributed by atoms with Crippen LogP contribution >= 0.6 is 0 Å². The van der Waals surface area contributed by atoms with E-state index in [4.69, 9.17) is 24.9 Å². The number of rotatable bonds is 9. The minimum absolute atomic E-state index is 0. The Kier molecular flexibility index (Phi) is 14.4. The van der Waals surface area contributed by atoms with Crippen LogP contribution in [0.2, 0.25) is 0 Å². The summed E-state index contributed by atoms with van der Waals surface area (Å²) in [6.45, 7) is 13.2. The third-order valence-corrected chi connectivity index (χ3v) is 15.6. The fourth-order valence-corrected chi connectivity index (χ4v) is 11.6. The van der Waals surface area contributed by atoms with E-state index in [1.54, 1.807) is 0 Å². The summed E-state index contributed by atoms with van der Waals surface area (Å²) in [5.74, 6) is 1.90. The summed E-state index contributed by atoms with van der Waals surface area (Å²) in [4.78, 5) is 25.0. The third kappa shape index (κ3) is 10.1. The molecule has 9 aromatic carbocycles. The van der Waals surface area contributed by atoms with Gasteiger partial charge in [0.05, 0.1) is 11.3 Å². The second-order valence-electron chi connectivity index (χ2n) is 23.2. The van der Waals surface area contributed by atoms with Crippen LogP contribution in [0, 0.1) is 25.6 Å². The quantitative estimate of drug-likeness (QED) is 0.135. The van der Waals surface area contributed by atoms with Crippen LogP contribution in [0.3, 0.4) is 0 Å². The molecule has 0 bridgehead atoms. The zero-order chi connectivity index (χ0) is 55.7. The standard InChI is InChI=1S/C75H56N7.CH3.Ir/c1-74(2,3)72-79-68-46-54(32-34-65(68)70-77-38-40-81(70)72)60-19-11-14-22-63(60)57-42-56(43-58(44-57)64-23-15-12-20-61(64)55-33-35-66-69(47-55)80-73(75(4,5)6)82-41-39-78-71(66)82)62-21-13-10-18-59(62)51-28-30-52(31-29-51)67-45-53(36-37-76-67)50-26-24-49(25-27-50)48-16-8-7-9-17-48;;/h7-30,32-33,36-47H,1-6H3;1H3;/q-3;-1;. The molecule has 0 saturated heterocycles. The molecule has 7 nitrogen and oxygen atoms in total. The van der Waals surface area contributed by atoms with E-state index in [1.807, 2.05) is 37.1 Å². The molecule has 0 amide bonds. The van der Waals surface area contributed by atoms with E-state index in [0.717, 1.165) is 134 Å². The van der Waals surface area contributed by atoms with E-state index in [2.05, 4.69) is 263 Å². The molecule has 0 N–H and O–H groups in total. The number of aromatic nitrogens is 7. The fraction of sp³-hybridized carbons (Fsp3) is 0.105. The van der Waals surface area contributed by atoms with Gasteiger partial charge in [-0.05, 0) is 96.6 Å². The number of imidazole rings is 2. The molecule has 0 fully saturated rings. The average Bonchev–Trinajstić information content (AvgIpc) is 1.99. The second-order valence-corrected chi connectivity index (χ2v) is 23.2. The summed E-state index contributed by atoms with van der Waals surface area (Å²) in [6.07, 6.45) is 9.57. The Hall–Kier alpha value is -9.46. The average molecular weight is 1260 g/mol. The van der Waals surface area contributed by atoms with Crippen LogP contribution < -0.4 is 0 Å². The van der Waals surface area contributed by atoms with Crippen LogP contribution in [0.4, 0.5) is 0 Å². The fourth-order valence-electron chi connectivity index (χ4n) is 11.6. The van der Waals surface area contributed by atoms with Gasteiger partial charge in [0.15, 0.2) is 0 Å². The third-order valence-electron chi connectivity index (χ3n) is 15.6. The molecule has 0 unspecified atom stereocenters. The first-order valence-electron chi connectivity index (χ1n) is 27.9. The molecule has 8 heteroatoms. The SMILES string of the molecule is CC(C)(C)c1nc2cc(-c3ccccc3-c3cc(-c4ccccc4-c4c[c-]c(-c5cc(-c6ccc(-c7ccccc7)cc6)ccn5)cc4)cc(-c4ccccc4-c4c[c-]c5c(c4)nc(C(C)(C)C)n4ccnc54)c3)c[c-]c2c2nccn12.[CH3-].[Ir]. The van der Waals surface area contributed by atoms with Gasteiger partial charge in [-0.25, -0.2) is 0 Å². The van der Waals surface area contributed by atoms with E-state index in [-0.39, 0.29) is 38.4 Å². The van der Waals surface area contributed by atoms with Crippen molar-refractivity contribution in [2.75, 3.05) is 0 Å². The van der Waals surface area contributed by atoms with E-state index >= 15 is 0 Å². The molecule has 0 aliphatic carbocycles. The van der Waals surface area contributed by atoms with Gasteiger partial charge in [-0.1, -0.05) is 219 Å². The molecule has 411 valence electrons. The summed E-state index contributed by atoms with van der Waals surface area (Å²) in [5.41, 5.74) is 22.3.